The number of ether oxygens (including phenoxy) is 3. The van der Waals surface area contributed by atoms with Crippen LogP contribution in [0.3, 0.4) is 0 Å². The van der Waals surface area contributed by atoms with Gasteiger partial charge >= 0.3 is 17.9 Å². The Morgan fingerprint density at radius 2 is 1.91 bits per heavy atom. The summed E-state index contributed by atoms with van der Waals surface area (Å²) in [5.74, 6) is -5.65. The van der Waals surface area contributed by atoms with Gasteiger partial charge in [0.1, 0.15) is 11.9 Å². The summed E-state index contributed by atoms with van der Waals surface area (Å²) >= 11 is 0. The van der Waals surface area contributed by atoms with Crippen LogP contribution in [0.25, 0.3) is 0 Å². The summed E-state index contributed by atoms with van der Waals surface area (Å²) in [6.07, 6.45) is -9.07. The summed E-state index contributed by atoms with van der Waals surface area (Å²) < 4.78 is 68.8. The maximum absolute atomic E-state index is 14.3. The van der Waals surface area contributed by atoms with Crippen molar-refractivity contribution in [3.8, 4) is 11.5 Å². The van der Waals surface area contributed by atoms with Gasteiger partial charge < -0.3 is 29.7 Å². The zero-order valence-corrected chi connectivity index (χ0v) is 15.9. The van der Waals surface area contributed by atoms with E-state index in [4.69, 9.17) is 9.84 Å². The van der Waals surface area contributed by atoms with Gasteiger partial charge in [0.05, 0.1) is 6.10 Å². The van der Waals surface area contributed by atoms with Crippen LogP contribution in [0.15, 0.2) is 35.3 Å². The number of fused-ring (bicyclic) bond motifs is 1. The molecule has 3 atom stereocenters. The average Bonchev–Trinajstić information content (AvgIpc) is 3.14. The van der Waals surface area contributed by atoms with E-state index < -0.39 is 48.9 Å². The lowest BCUT2D eigenvalue weighted by Gasteiger charge is -2.21. The first-order chi connectivity index (χ1) is 15.0. The van der Waals surface area contributed by atoms with Crippen LogP contribution in [0.1, 0.15) is 23.0 Å². The molecule has 1 aromatic carbocycles. The molecule has 1 fully saturated rings. The van der Waals surface area contributed by atoms with Gasteiger partial charge in [-0.2, -0.15) is 13.8 Å². The first-order valence-electron chi connectivity index (χ1n) is 9.14. The number of amides is 1. The molecule has 1 amide bonds. The van der Waals surface area contributed by atoms with E-state index in [-0.39, 0.29) is 29.3 Å². The van der Waals surface area contributed by atoms with E-state index >= 15 is 0 Å². The quantitative estimate of drug-likeness (QED) is 0.564. The van der Waals surface area contributed by atoms with Crippen molar-refractivity contribution in [1.29, 1.82) is 0 Å². The number of carbonyl (C=O) groups is 1. The van der Waals surface area contributed by atoms with Crippen molar-refractivity contribution < 1.29 is 46.8 Å². The van der Waals surface area contributed by atoms with Gasteiger partial charge in [0.15, 0.2) is 11.5 Å². The standard InChI is InChI=1S/C18H15F4N3O7/c19-17(20)13(27)10(4-6-26)30-15(17)25-5-3-12(24-16(25)29)23-14(28)8-1-2-9-11(7-8)32-18(21,22)31-9/h1-3,5,7,10,13,15,26-27H,4,6H2,(H,23,24,28,29)/t10-,13-,15?/m1/s1. The van der Waals surface area contributed by atoms with E-state index in [9.17, 15) is 32.3 Å². The van der Waals surface area contributed by atoms with Crippen LogP contribution in [0.2, 0.25) is 0 Å². The Labute approximate surface area is 176 Å². The van der Waals surface area contributed by atoms with Gasteiger partial charge in [-0.25, -0.2) is 4.79 Å². The first-order valence-corrected chi connectivity index (χ1v) is 9.14. The normalized spacial score (nSPS) is 25.0. The number of alkyl halides is 4. The Balaban J connectivity index is 1.51. The molecule has 0 saturated carbocycles. The number of rotatable bonds is 5. The van der Waals surface area contributed by atoms with Crippen molar-refractivity contribution in [2.45, 2.75) is 37.1 Å². The van der Waals surface area contributed by atoms with Gasteiger partial charge in [-0.15, -0.1) is 8.78 Å². The second kappa shape index (κ2) is 7.72. The molecule has 32 heavy (non-hydrogen) atoms. The van der Waals surface area contributed by atoms with Gasteiger partial charge in [0.25, 0.3) is 5.91 Å². The molecule has 0 radical (unpaired) electrons. The Morgan fingerprint density at radius 1 is 1.19 bits per heavy atom. The van der Waals surface area contributed by atoms with Crippen molar-refractivity contribution in [2.75, 3.05) is 11.9 Å². The van der Waals surface area contributed by atoms with E-state index in [2.05, 4.69) is 19.8 Å². The van der Waals surface area contributed by atoms with Crippen LogP contribution >= 0.6 is 0 Å². The number of halogens is 4. The lowest BCUT2D eigenvalue weighted by molar-refractivity contribution is -0.286. The summed E-state index contributed by atoms with van der Waals surface area (Å²) in [4.78, 5) is 28.1. The molecule has 3 heterocycles. The molecule has 2 aliphatic rings. The lowest BCUT2D eigenvalue weighted by Crippen LogP contribution is -2.41. The van der Waals surface area contributed by atoms with Gasteiger partial charge in [0, 0.05) is 18.4 Å². The van der Waals surface area contributed by atoms with Gasteiger partial charge in [-0.05, 0) is 30.7 Å². The topological polar surface area (TPSA) is 132 Å². The number of nitrogens with one attached hydrogen (secondary N) is 1. The maximum atomic E-state index is 14.3. The minimum atomic E-state index is -3.86. The number of benzene rings is 1. The van der Waals surface area contributed by atoms with Crippen molar-refractivity contribution in [3.63, 3.8) is 0 Å². The molecule has 1 aromatic heterocycles. The van der Waals surface area contributed by atoms with Gasteiger partial charge in [-0.3, -0.25) is 9.36 Å². The minimum absolute atomic E-state index is 0.128. The molecule has 1 unspecified atom stereocenters. The molecule has 0 spiro atoms. The Kier molecular flexibility index (Phi) is 5.30. The molecule has 0 bridgehead atoms. The summed E-state index contributed by atoms with van der Waals surface area (Å²) in [5.41, 5.74) is -1.34. The molecule has 14 heteroatoms. The highest BCUT2D eigenvalue weighted by molar-refractivity contribution is 6.04. The summed E-state index contributed by atoms with van der Waals surface area (Å²) in [6, 6.07) is 4.27. The van der Waals surface area contributed by atoms with Crippen LogP contribution in [0.4, 0.5) is 23.4 Å². The first kappa shape index (κ1) is 22.0. The van der Waals surface area contributed by atoms with E-state index in [0.29, 0.717) is 4.57 Å². The predicted octanol–water partition coefficient (Wildman–Crippen LogP) is 1.09. The highest BCUT2D eigenvalue weighted by Gasteiger charge is 2.59. The van der Waals surface area contributed by atoms with Crippen LogP contribution in [0, 0.1) is 0 Å². The fraction of sp³-hybridized carbons (Fsp3) is 0.389. The fourth-order valence-corrected chi connectivity index (χ4v) is 3.27. The van der Waals surface area contributed by atoms with E-state index in [1.807, 2.05) is 0 Å². The highest BCUT2D eigenvalue weighted by Crippen LogP contribution is 2.43. The molecule has 1 saturated heterocycles. The van der Waals surface area contributed by atoms with E-state index in [0.717, 1.165) is 30.5 Å². The number of aliphatic hydroxyl groups excluding tert-OH is 2. The molecule has 2 aliphatic heterocycles. The second-order valence-corrected chi connectivity index (χ2v) is 6.94. The van der Waals surface area contributed by atoms with Crippen LogP contribution in [-0.2, 0) is 4.74 Å². The monoisotopic (exact) mass is 461 g/mol. The maximum Gasteiger partial charge on any atom is 0.586 e. The number of hydrogen-bond acceptors (Lipinski definition) is 8. The largest absolute Gasteiger partial charge is 0.586 e. The summed E-state index contributed by atoms with van der Waals surface area (Å²) in [7, 11) is 0. The van der Waals surface area contributed by atoms with Crippen molar-refractivity contribution >= 4 is 11.7 Å². The molecule has 10 nitrogen and oxygen atoms in total. The third-order valence-corrected chi connectivity index (χ3v) is 4.78. The molecular formula is C18H15F4N3O7. The van der Waals surface area contributed by atoms with E-state index in [1.54, 1.807) is 0 Å². The Hall–Kier alpha value is -3.23. The average molecular weight is 461 g/mol. The number of carbonyl (C=O) groups excluding carboxylic acids is 1. The van der Waals surface area contributed by atoms with Crippen LogP contribution in [0.5, 0.6) is 11.5 Å². The fourth-order valence-electron chi connectivity index (χ4n) is 3.27. The molecular weight excluding hydrogens is 446 g/mol. The predicted molar refractivity (Wildman–Crippen MR) is 95.7 cm³/mol. The third-order valence-electron chi connectivity index (χ3n) is 4.78. The SMILES string of the molecule is O=C(Nc1ccn(C2O[C@H](CCO)[C@@H](O)C2(F)F)c(=O)n1)c1ccc2c(c1)OC(F)(F)O2. The summed E-state index contributed by atoms with van der Waals surface area (Å²) in [6.45, 7) is -0.514. The number of aliphatic hydroxyl groups is 2. The van der Waals surface area contributed by atoms with Crippen LogP contribution in [-0.4, -0.2) is 56.7 Å². The number of aromatic nitrogens is 2. The Morgan fingerprint density at radius 3 is 2.59 bits per heavy atom. The van der Waals surface area contributed by atoms with E-state index in [1.165, 1.54) is 0 Å². The van der Waals surface area contributed by atoms with Gasteiger partial charge in [0.2, 0.25) is 6.23 Å². The second-order valence-electron chi connectivity index (χ2n) is 6.94. The molecule has 4 rings (SSSR count). The number of anilines is 1. The van der Waals surface area contributed by atoms with Gasteiger partial charge in [-0.1, -0.05) is 0 Å². The zero-order valence-electron chi connectivity index (χ0n) is 15.9. The van der Waals surface area contributed by atoms with Crippen molar-refractivity contribution in [1.82, 2.24) is 9.55 Å². The van der Waals surface area contributed by atoms with Crippen molar-refractivity contribution in [3.05, 3.63) is 46.5 Å². The lowest BCUT2D eigenvalue weighted by atomic mass is 10.1. The minimum Gasteiger partial charge on any atom is -0.396 e. The third kappa shape index (κ3) is 3.87. The smallest absolute Gasteiger partial charge is 0.396 e. The molecule has 2 aromatic rings. The number of nitrogens with zero attached hydrogens (tertiary/aromatic N) is 2. The van der Waals surface area contributed by atoms with Crippen molar-refractivity contribution in [2.24, 2.45) is 0 Å². The highest BCUT2D eigenvalue weighted by atomic mass is 19.3. The Bertz CT molecular complexity index is 1110. The number of hydrogen-bond donors (Lipinski definition) is 3. The van der Waals surface area contributed by atoms with Crippen LogP contribution < -0.4 is 20.5 Å². The zero-order chi connectivity index (χ0) is 23.3. The molecule has 0 aliphatic carbocycles. The summed E-state index contributed by atoms with van der Waals surface area (Å²) in [5, 5.41) is 20.9. The molecule has 172 valence electrons. The molecule has 3 N–H and O–H groups in total.